The van der Waals surface area contributed by atoms with E-state index in [1.807, 2.05) is 6.92 Å². The lowest BCUT2D eigenvalue weighted by atomic mass is 10.1. The highest BCUT2D eigenvalue weighted by atomic mass is 127. The fourth-order valence-electron chi connectivity index (χ4n) is 1.84. The number of guanidine groups is 1. The van der Waals surface area contributed by atoms with Crippen LogP contribution in [0.5, 0.6) is 0 Å². The van der Waals surface area contributed by atoms with Gasteiger partial charge in [-0.25, -0.2) is 4.99 Å². The van der Waals surface area contributed by atoms with Crippen LogP contribution in [-0.4, -0.2) is 38.0 Å². The van der Waals surface area contributed by atoms with Crippen LogP contribution < -0.4 is 10.6 Å². The monoisotopic (exact) mass is 400 g/mol. The molecule has 0 fully saturated rings. The van der Waals surface area contributed by atoms with Crippen molar-refractivity contribution in [3.63, 3.8) is 0 Å². The van der Waals surface area contributed by atoms with Crippen molar-refractivity contribution in [3.8, 4) is 12.3 Å². The minimum atomic E-state index is 0. The Kier molecular flexibility index (Phi) is 10.7. The topological polar surface area (TPSA) is 39.7 Å². The molecule has 1 aromatic rings. The summed E-state index contributed by atoms with van der Waals surface area (Å²) < 4.78 is 0. The van der Waals surface area contributed by atoms with E-state index in [9.17, 15) is 0 Å². The molecule has 0 bridgehead atoms. The van der Waals surface area contributed by atoms with E-state index >= 15 is 0 Å². The van der Waals surface area contributed by atoms with Crippen molar-refractivity contribution in [2.45, 2.75) is 20.0 Å². The second kappa shape index (κ2) is 11.4. The number of aliphatic imine (C=N–C) groups is 1. The Morgan fingerprint density at radius 1 is 1.29 bits per heavy atom. The predicted octanol–water partition coefficient (Wildman–Crippen LogP) is 2.05. The summed E-state index contributed by atoms with van der Waals surface area (Å²) in [4.78, 5) is 6.68. The molecule has 0 aliphatic rings. The Morgan fingerprint density at radius 3 is 2.62 bits per heavy atom. The third-order valence-corrected chi connectivity index (χ3v) is 2.61. The number of nitrogens with zero attached hydrogens (tertiary/aromatic N) is 2. The van der Waals surface area contributed by atoms with Gasteiger partial charge in [-0.1, -0.05) is 30.2 Å². The fourth-order valence-corrected chi connectivity index (χ4v) is 1.84. The summed E-state index contributed by atoms with van der Waals surface area (Å²) in [6.07, 6.45) is 5.25. The Bertz CT molecular complexity index is 477. The standard InChI is InChI=1S/C16H24N4.HI/c1-5-10-18-16(17-6-2)19-12-14-8-7-9-15(11-14)13-20(3)4;/h1,7-9,11H,6,10,12-13H2,2-4H3,(H2,17,18,19);1H. The highest BCUT2D eigenvalue weighted by Gasteiger charge is 1.99. The lowest BCUT2D eigenvalue weighted by Gasteiger charge is -2.11. The van der Waals surface area contributed by atoms with Crippen LogP contribution in [0.2, 0.25) is 0 Å². The normalized spacial score (nSPS) is 10.7. The van der Waals surface area contributed by atoms with Gasteiger partial charge in [0.2, 0.25) is 0 Å². The van der Waals surface area contributed by atoms with E-state index in [1.165, 1.54) is 11.1 Å². The number of benzene rings is 1. The Morgan fingerprint density at radius 2 is 2.00 bits per heavy atom. The summed E-state index contributed by atoms with van der Waals surface area (Å²) in [5.74, 6) is 3.30. The Labute approximate surface area is 145 Å². The van der Waals surface area contributed by atoms with Gasteiger partial charge in [0.25, 0.3) is 0 Å². The van der Waals surface area contributed by atoms with Gasteiger partial charge in [-0.05, 0) is 32.1 Å². The molecule has 0 radical (unpaired) electrons. The van der Waals surface area contributed by atoms with Crippen molar-refractivity contribution in [1.29, 1.82) is 0 Å². The van der Waals surface area contributed by atoms with Crippen LogP contribution in [0.4, 0.5) is 0 Å². The Balaban J connectivity index is 0.00000400. The van der Waals surface area contributed by atoms with Gasteiger partial charge in [-0.3, -0.25) is 0 Å². The average molecular weight is 400 g/mol. The van der Waals surface area contributed by atoms with Crippen molar-refractivity contribution in [1.82, 2.24) is 15.5 Å². The first kappa shape index (κ1) is 19.7. The molecule has 116 valence electrons. The summed E-state index contributed by atoms with van der Waals surface area (Å²) in [5, 5.41) is 6.25. The Hall–Kier alpha value is -1.26. The molecule has 0 amide bonds. The molecule has 21 heavy (non-hydrogen) atoms. The largest absolute Gasteiger partial charge is 0.357 e. The van der Waals surface area contributed by atoms with Crippen molar-refractivity contribution in [2.75, 3.05) is 27.2 Å². The minimum Gasteiger partial charge on any atom is -0.357 e. The first-order valence-corrected chi connectivity index (χ1v) is 6.84. The molecule has 0 atom stereocenters. The lowest BCUT2D eigenvalue weighted by Crippen LogP contribution is -2.37. The van der Waals surface area contributed by atoms with Gasteiger partial charge < -0.3 is 15.5 Å². The molecular formula is C16H25IN4. The molecule has 0 aliphatic heterocycles. The smallest absolute Gasteiger partial charge is 0.192 e. The first-order valence-electron chi connectivity index (χ1n) is 6.84. The zero-order valence-corrected chi connectivity index (χ0v) is 15.3. The third kappa shape index (κ3) is 8.58. The maximum atomic E-state index is 5.25. The second-order valence-corrected chi connectivity index (χ2v) is 4.81. The molecule has 0 aliphatic carbocycles. The molecular weight excluding hydrogens is 375 g/mol. The number of rotatable bonds is 6. The number of hydrogen-bond acceptors (Lipinski definition) is 2. The molecule has 2 N–H and O–H groups in total. The molecule has 0 saturated heterocycles. The highest BCUT2D eigenvalue weighted by Crippen LogP contribution is 2.08. The molecule has 0 aromatic heterocycles. The molecule has 5 heteroatoms. The molecule has 4 nitrogen and oxygen atoms in total. The van der Waals surface area contributed by atoms with Gasteiger partial charge in [0.05, 0.1) is 13.1 Å². The summed E-state index contributed by atoms with van der Waals surface area (Å²) in [7, 11) is 4.13. The zero-order valence-electron chi connectivity index (χ0n) is 13.0. The van der Waals surface area contributed by atoms with Gasteiger partial charge in [0, 0.05) is 13.1 Å². The number of halogens is 1. The third-order valence-electron chi connectivity index (χ3n) is 2.61. The van der Waals surface area contributed by atoms with Gasteiger partial charge in [-0.2, -0.15) is 0 Å². The summed E-state index contributed by atoms with van der Waals surface area (Å²) in [6.45, 7) is 4.91. The van der Waals surface area contributed by atoms with Crippen LogP contribution >= 0.6 is 24.0 Å². The fraction of sp³-hybridized carbons (Fsp3) is 0.438. The zero-order chi connectivity index (χ0) is 14.8. The molecule has 0 unspecified atom stereocenters. The molecule has 0 spiro atoms. The van der Waals surface area contributed by atoms with Crippen molar-refractivity contribution in [2.24, 2.45) is 4.99 Å². The van der Waals surface area contributed by atoms with Gasteiger partial charge in [0.15, 0.2) is 5.96 Å². The van der Waals surface area contributed by atoms with Crippen molar-refractivity contribution >= 4 is 29.9 Å². The SMILES string of the molecule is C#CCNC(=NCc1cccc(CN(C)C)c1)NCC.I. The summed E-state index contributed by atoms with van der Waals surface area (Å²) in [6, 6.07) is 8.49. The molecule has 0 heterocycles. The maximum Gasteiger partial charge on any atom is 0.192 e. The minimum absolute atomic E-state index is 0. The first-order chi connectivity index (χ1) is 9.65. The quantitative estimate of drug-likeness (QED) is 0.333. The van der Waals surface area contributed by atoms with E-state index in [-0.39, 0.29) is 24.0 Å². The van der Waals surface area contributed by atoms with E-state index in [0.29, 0.717) is 13.1 Å². The number of nitrogens with one attached hydrogen (secondary N) is 2. The van der Waals surface area contributed by atoms with Crippen molar-refractivity contribution < 1.29 is 0 Å². The van der Waals surface area contributed by atoms with E-state index in [1.54, 1.807) is 0 Å². The lowest BCUT2D eigenvalue weighted by molar-refractivity contribution is 0.402. The number of terminal acetylenes is 1. The van der Waals surface area contributed by atoms with Crippen LogP contribution in [0.3, 0.4) is 0 Å². The molecule has 1 rings (SSSR count). The van der Waals surface area contributed by atoms with Crippen LogP contribution in [0.25, 0.3) is 0 Å². The van der Waals surface area contributed by atoms with Crippen molar-refractivity contribution in [3.05, 3.63) is 35.4 Å². The summed E-state index contributed by atoms with van der Waals surface area (Å²) >= 11 is 0. The van der Waals surface area contributed by atoms with Crippen LogP contribution in [0, 0.1) is 12.3 Å². The van der Waals surface area contributed by atoms with Gasteiger partial charge in [-0.15, -0.1) is 30.4 Å². The van der Waals surface area contributed by atoms with E-state index in [4.69, 9.17) is 6.42 Å². The molecule has 0 saturated carbocycles. The van der Waals surface area contributed by atoms with Crippen LogP contribution in [0.15, 0.2) is 29.3 Å². The van der Waals surface area contributed by atoms with Crippen LogP contribution in [-0.2, 0) is 13.1 Å². The summed E-state index contributed by atoms with van der Waals surface area (Å²) in [5.41, 5.74) is 2.49. The maximum absolute atomic E-state index is 5.25. The number of hydrogen-bond donors (Lipinski definition) is 2. The van der Waals surface area contributed by atoms with Crippen LogP contribution in [0.1, 0.15) is 18.1 Å². The second-order valence-electron chi connectivity index (χ2n) is 4.81. The van der Waals surface area contributed by atoms with E-state index in [0.717, 1.165) is 19.0 Å². The average Bonchev–Trinajstić information content (AvgIpc) is 2.41. The predicted molar refractivity (Wildman–Crippen MR) is 101 cm³/mol. The van der Waals surface area contributed by atoms with Gasteiger partial charge in [0.1, 0.15) is 0 Å². The van der Waals surface area contributed by atoms with E-state index in [2.05, 4.69) is 64.8 Å². The molecule has 1 aromatic carbocycles. The van der Waals surface area contributed by atoms with E-state index < -0.39 is 0 Å². The highest BCUT2D eigenvalue weighted by molar-refractivity contribution is 14.0. The van der Waals surface area contributed by atoms with Gasteiger partial charge >= 0.3 is 0 Å².